The Morgan fingerprint density at radius 3 is 3.11 bits per heavy atom. The monoisotopic (exact) mass is 297 g/mol. The maximum atomic E-state index is 6.11. The predicted octanol–water partition coefficient (Wildman–Crippen LogP) is 3.94. The van der Waals surface area contributed by atoms with Gasteiger partial charge in [0.05, 0.1) is 10.6 Å². The molecule has 104 valence electrons. The molecule has 3 rings (SSSR count). The van der Waals surface area contributed by atoms with Crippen LogP contribution in [0.1, 0.15) is 44.7 Å². The average molecular weight is 298 g/mol. The van der Waals surface area contributed by atoms with Gasteiger partial charge in [0.15, 0.2) is 0 Å². The van der Waals surface area contributed by atoms with E-state index in [2.05, 4.69) is 21.8 Å². The fraction of sp³-hybridized carbons (Fsp3) is 0.714. The lowest BCUT2D eigenvalue weighted by Gasteiger charge is -2.37. The zero-order valence-electron chi connectivity index (χ0n) is 11.4. The molecule has 0 saturated carbocycles. The highest BCUT2D eigenvalue weighted by Gasteiger charge is 2.29. The first-order valence-electron chi connectivity index (χ1n) is 7.25. The zero-order chi connectivity index (χ0) is 13.2. The Balaban J connectivity index is 1.95. The van der Waals surface area contributed by atoms with Gasteiger partial charge in [-0.1, -0.05) is 13.3 Å². The minimum Gasteiger partial charge on any atom is -0.353 e. The summed E-state index contributed by atoms with van der Waals surface area (Å²) in [6.45, 7) is 3.38. The van der Waals surface area contributed by atoms with Crippen molar-refractivity contribution in [2.24, 2.45) is 0 Å². The van der Waals surface area contributed by atoms with Gasteiger partial charge < -0.3 is 4.90 Å². The highest BCUT2D eigenvalue weighted by molar-refractivity contribution is 7.99. The van der Waals surface area contributed by atoms with Crippen LogP contribution in [-0.4, -0.2) is 28.3 Å². The zero-order valence-corrected chi connectivity index (χ0v) is 12.9. The first-order valence-corrected chi connectivity index (χ1v) is 8.61. The Kier molecular flexibility index (Phi) is 4.18. The number of fused-ring (bicyclic) bond motifs is 1. The summed E-state index contributed by atoms with van der Waals surface area (Å²) in [7, 11) is 0. The van der Waals surface area contributed by atoms with E-state index in [-0.39, 0.29) is 0 Å². The Hall–Kier alpha value is -0.480. The summed E-state index contributed by atoms with van der Waals surface area (Å²) < 4.78 is 0. The molecule has 1 atom stereocenters. The molecule has 3 nitrogen and oxygen atoms in total. The van der Waals surface area contributed by atoms with Gasteiger partial charge in [0.2, 0.25) is 5.28 Å². The summed E-state index contributed by atoms with van der Waals surface area (Å²) in [4.78, 5) is 12.7. The molecule has 0 radical (unpaired) electrons. The van der Waals surface area contributed by atoms with Gasteiger partial charge >= 0.3 is 0 Å². The van der Waals surface area contributed by atoms with Crippen LogP contribution in [-0.2, 0) is 6.42 Å². The predicted molar refractivity (Wildman–Crippen MR) is 81.4 cm³/mol. The van der Waals surface area contributed by atoms with Gasteiger partial charge in [0, 0.05) is 24.8 Å². The number of rotatable bonds is 3. The Morgan fingerprint density at radius 2 is 2.26 bits per heavy atom. The van der Waals surface area contributed by atoms with E-state index >= 15 is 0 Å². The second kappa shape index (κ2) is 5.88. The van der Waals surface area contributed by atoms with E-state index in [1.54, 1.807) is 0 Å². The number of piperidine rings is 1. The molecule has 0 N–H and O–H groups in total. The first kappa shape index (κ1) is 13.5. The van der Waals surface area contributed by atoms with Crippen molar-refractivity contribution in [1.82, 2.24) is 9.97 Å². The molecule has 1 fully saturated rings. The normalized spacial score (nSPS) is 22.6. The number of thioether (sulfide) groups is 1. The van der Waals surface area contributed by atoms with Gasteiger partial charge in [-0.3, -0.25) is 0 Å². The van der Waals surface area contributed by atoms with Crippen molar-refractivity contribution in [2.45, 2.75) is 56.4 Å². The number of aryl methyl sites for hydroxylation is 1. The highest BCUT2D eigenvalue weighted by atomic mass is 35.5. The van der Waals surface area contributed by atoms with Gasteiger partial charge in [0.1, 0.15) is 5.82 Å². The summed E-state index contributed by atoms with van der Waals surface area (Å²) in [6.07, 6.45) is 7.41. The third kappa shape index (κ3) is 2.70. The van der Waals surface area contributed by atoms with Gasteiger partial charge in [0.25, 0.3) is 0 Å². The lowest BCUT2D eigenvalue weighted by molar-refractivity contribution is 0.429. The summed E-state index contributed by atoms with van der Waals surface area (Å²) in [5.41, 5.74) is 1.15. The number of nitrogens with zero attached hydrogens (tertiary/aromatic N) is 3. The topological polar surface area (TPSA) is 29.0 Å². The molecule has 2 aliphatic heterocycles. The van der Waals surface area contributed by atoms with Crippen molar-refractivity contribution in [1.29, 1.82) is 0 Å². The van der Waals surface area contributed by atoms with Crippen LogP contribution in [0.5, 0.6) is 0 Å². The molecular weight excluding hydrogens is 278 g/mol. The van der Waals surface area contributed by atoms with Crippen LogP contribution >= 0.6 is 23.4 Å². The molecule has 0 aliphatic carbocycles. The number of hydrogen-bond acceptors (Lipinski definition) is 4. The Morgan fingerprint density at radius 1 is 1.37 bits per heavy atom. The van der Waals surface area contributed by atoms with Crippen LogP contribution < -0.4 is 4.90 Å². The Bertz CT molecular complexity index is 464. The van der Waals surface area contributed by atoms with Crippen molar-refractivity contribution >= 4 is 29.2 Å². The number of aromatic nitrogens is 2. The van der Waals surface area contributed by atoms with E-state index in [4.69, 9.17) is 11.6 Å². The van der Waals surface area contributed by atoms with Gasteiger partial charge in [-0.05, 0) is 37.3 Å². The third-order valence-corrected chi connectivity index (χ3v) is 5.28. The van der Waals surface area contributed by atoms with E-state index in [0.29, 0.717) is 11.3 Å². The van der Waals surface area contributed by atoms with Gasteiger partial charge in [-0.25, -0.2) is 4.98 Å². The standard InChI is InChI=1S/C14H20ClN3S/c1-2-5-10-6-3-4-8-18(10)13-12-11(7-9-19-12)16-14(15)17-13/h10H,2-9H2,1H3. The maximum absolute atomic E-state index is 6.11. The van der Waals surface area contributed by atoms with Crippen LogP contribution in [0.2, 0.25) is 5.28 Å². The fourth-order valence-electron chi connectivity index (χ4n) is 3.13. The molecule has 1 unspecified atom stereocenters. The summed E-state index contributed by atoms with van der Waals surface area (Å²) in [5.74, 6) is 2.22. The molecule has 2 aliphatic rings. The average Bonchev–Trinajstić information content (AvgIpc) is 2.87. The maximum Gasteiger partial charge on any atom is 0.224 e. The first-order chi connectivity index (χ1) is 9.29. The van der Waals surface area contributed by atoms with E-state index in [1.165, 1.54) is 37.0 Å². The van der Waals surface area contributed by atoms with Gasteiger partial charge in [-0.2, -0.15) is 4.98 Å². The van der Waals surface area contributed by atoms with Gasteiger partial charge in [-0.15, -0.1) is 11.8 Å². The van der Waals surface area contributed by atoms with E-state index in [1.807, 2.05) is 11.8 Å². The molecule has 5 heteroatoms. The van der Waals surface area contributed by atoms with Crippen molar-refractivity contribution in [3.05, 3.63) is 11.0 Å². The molecule has 1 aromatic rings. The lowest BCUT2D eigenvalue weighted by atomic mass is 9.98. The molecule has 3 heterocycles. The van der Waals surface area contributed by atoms with Crippen molar-refractivity contribution < 1.29 is 0 Å². The molecule has 19 heavy (non-hydrogen) atoms. The van der Waals surface area contributed by atoms with Crippen molar-refractivity contribution in [3.63, 3.8) is 0 Å². The quantitative estimate of drug-likeness (QED) is 0.790. The molecule has 0 spiro atoms. The number of halogens is 1. The molecular formula is C14H20ClN3S. The second-order valence-corrected chi connectivity index (χ2v) is 6.77. The minimum absolute atomic E-state index is 0.414. The van der Waals surface area contributed by atoms with E-state index < -0.39 is 0 Å². The lowest BCUT2D eigenvalue weighted by Crippen LogP contribution is -2.40. The summed E-state index contributed by atoms with van der Waals surface area (Å²) in [5, 5.41) is 0.414. The van der Waals surface area contributed by atoms with Crippen LogP contribution in [0.25, 0.3) is 0 Å². The van der Waals surface area contributed by atoms with Crippen LogP contribution in [0.4, 0.5) is 5.82 Å². The fourth-order valence-corrected chi connectivity index (χ4v) is 4.42. The van der Waals surface area contributed by atoms with Crippen LogP contribution in [0.15, 0.2) is 4.90 Å². The number of hydrogen-bond donors (Lipinski definition) is 0. The highest BCUT2D eigenvalue weighted by Crippen LogP contribution is 2.40. The smallest absolute Gasteiger partial charge is 0.224 e. The SMILES string of the molecule is CCCC1CCCCN1c1nc(Cl)nc2c1SCC2. The van der Waals surface area contributed by atoms with Crippen LogP contribution in [0, 0.1) is 0 Å². The molecule has 0 aromatic carbocycles. The number of anilines is 1. The molecule has 0 bridgehead atoms. The van der Waals surface area contributed by atoms with E-state index in [9.17, 15) is 0 Å². The summed E-state index contributed by atoms with van der Waals surface area (Å²) >= 11 is 8.01. The summed E-state index contributed by atoms with van der Waals surface area (Å²) in [6, 6.07) is 0.634. The largest absolute Gasteiger partial charge is 0.353 e. The third-order valence-electron chi connectivity index (χ3n) is 4.00. The van der Waals surface area contributed by atoms with Crippen LogP contribution in [0.3, 0.4) is 0 Å². The minimum atomic E-state index is 0.414. The molecule has 1 aromatic heterocycles. The van der Waals surface area contributed by atoms with E-state index in [0.717, 1.165) is 30.2 Å². The molecule has 0 amide bonds. The molecule has 1 saturated heterocycles. The van der Waals surface area contributed by atoms with Crippen molar-refractivity contribution in [2.75, 3.05) is 17.2 Å². The second-order valence-electron chi connectivity index (χ2n) is 5.32. The Labute approximate surface area is 124 Å². The van der Waals surface area contributed by atoms with Crippen molar-refractivity contribution in [3.8, 4) is 0 Å².